The van der Waals surface area contributed by atoms with Gasteiger partial charge < -0.3 is 4.74 Å². The number of ether oxygens (including phenoxy) is 1. The van der Waals surface area contributed by atoms with Crippen LogP contribution in [-0.4, -0.2) is 21.0 Å². The molecule has 7 heteroatoms. The minimum Gasteiger partial charge on any atom is -0.487 e. The number of fused-ring (bicyclic) bond motifs is 2. The van der Waals surface area contributed by atoms with Gasteiger partial charge >= 0.3 is 0 Å². The van der Waals surface area contributed by atoms with Crippen LogP contribution < -0.4 is 10.3 Å². The molecule has 1 aliphatic carbocycles. The highest BCUT2D eigenvalue weighted by atomic mass is 35.5. The lowest BCUT2D eigenvalue weighted by molar-refractivity contribution is 0.247. The molecule has 0 bridgehead atoms. The zero-order valence-corrected chi connectivity index (χ0v) is 21.4. The predicted molar refractivity (Wildman–Crippen MR) is 145 cm³/mol. The molecule has 6 rings (SSSR count). The first-order valence-electron chi connectivity index (χ1n) is 12.2. The Morgan fingerprint density at radius 3 is 2.83 bits per heavy atom. The highest BCUT2D eigenvalue weighted by molar-refractivity contribution is 7.10. The third kappa shape index (κ3) is 5.03. The van der Waals surface area contributed by atoms with E-state index < -0.39 is 0 Å². The summed E-state index contributed by atoms with van der Waals surface area (Å²) in [5.74, 6) is 0.529. The van der Waals surface area contributed by atoms with E-state index >= 15 is 0 Å². The quantitative estimate of drug-likeness (QED) is 0.314. The van der Waals surface area contributed by atoms with Crippen LogP contribution in [0.2, 0.25) is 5.02 Å². The van der Waals surface area contributed by atoms with Crippen LogP contribution in [0.25, 0.3) is 11.8 Å². The van der Waals surface area contributed by atoms with Gasteiger partial charge in [0.05, 0.1) is 10.7 Å². The van der Waals surface area contributed by atoms with Crippen molar-refractivity contribution in [2.45, 2.75) is 39.0 Å². The number of aryl methyl sites for hydroxylation is 1. The number of hydrogen-bond acceptors (Lipinski definition) is 5. The zero-order valence-electron chi connectivity index (χ0n) is 19.8. The summed E-state index contributed by atoms with van der Waals surface area (Å²) < 4.78 is 7.48. The maximum absolute atomic E-state index is 12.9. The largest absolute Gasteiger partial charge is 0.487 e. The fraction of sp³-hybridized carbons (Fsp3) is 0.241. The van der Waals surface area contributed by atoms with E-state index in [1.165, 1.54) is 28.3 Å². The SMILES string of the molecule is O=c1cc(OCc2ccc(Cl)cn2)ccn1C1=Cc2ccc(CN3CCc4sccc4C3)cc2CC1. The maximum Gasteiger partial charge on any atom is 0.258 e. The Balaban J connectivity index is 1.13. The van der Waals surface area contributed by atoms with Gasteiger partial charge in [-0.05, 0) is 77.2 Å². The molecule has 0 unspecified atom stereocenters. The van der Waals surface area contributed by atoms with Gasteiger partial charge in [-0.2, -0.15) is 0 Å². The number of nitrogens with zero attached hydrogens (tertiary/aromatic N) is 3. The number of aromatic nitrogens is 2. The fourth-order valence-corrected chi connectivity index (χ4v) is 5.96. The fourth-order valence-electron chi connectivity index (χ4n) is 4.96. The number of halogens is 1. The number of allylic oxidation sites excluding steroid dienone is 1. The summed E-state index contributed by atoms with van der Waals surface area (Å²) in [7, 11) is 0. The number of rotatable bonds is 6. The van der Waals surface area contributed by atoms with Crippen molar-refractivity contribution in [1.29, 1.82) is 0 Å². The van der Waals surface area contributed by atoms with Crippen molar-refractivity contribution in [1.82, 2.24) is 14.5 Å². The van der Waals surface area contributed by atoms with Crippen LogP contribution in [0, 0.1) is 0 Å². The third-order valence-electron chi connectivity index (χ3n) is 6.85. The van der Waals surface area contributed by atoms with E-state index in [4.69, 9.17) is 16.3 Å². The molecule has 36 heavy (non-hydrogen) atoms. The van der Waals surface area contributed by atoms with E-state index in [2.05, 4.69) is 45.6 Å². The van der Waals surface area contributed by atoms with Gasteiger partial charge in [-0.1, -0.05) is 29.8 Å². The van der Waals surface area contributed by atoms with Gasteiger partial charge in [-0.3, -0.25) is 19.2 Å². The van der Waals surface area contributed by atoms with Crippen LogP contribution in [0.1, 0.15) is 39.2 Å². The minimum absolute atomic E-state index is 0.0965. The molecular formula is C29H26ClN3O2S. The summed E-state index contributed by atoms with van der Waals surface area (Å²) in [6.07, 6.45) is 8.43. The van der Waals surface area contributed by atoms with E-state index in [-0.39, 0.29) is 12.2 Å². The molecule has 4 aromatic rings. The summed E-state index contributed by atoms with van der Waals surface area (Å²) in [5, 5.41) is 2.79. The molecule has 0 radical (unpaired) electrons. The van der Waals surface area contributed by atoms with Gasteiger partial charge in [-0.25, -0.2) is 0 Å². The summed E-state index contributed by atoms with van der Waals surface area (Å²) in [4.78, 5) is 21.2. The normalized spacial score (nSPS) is 15.2. The van der Waals surface area contributed by atoms with Crippen LogP contribution in [0.5, 0.6) is 5.75 Å². The molecule has 0 amide bonds. The molecule has 182 valence electrons. The van der Waals surface area contributed by atoms with Gasteiger partial charge in [0.15, 0.2) is 0 Å². The molecule has 0 N–H and O–H groups in total. The molecular weight excluding hydrogens is 490 g/mol. The number of pyridine rings is 2. The highest BCUT2D eigenvalue weighted by Gasteiger charge is 2.19. The van der Waals surface area contributed by atoms with Gasteiger partial charge in [0.2, 0.25) is 0 Å². The summed E-state index contributed by atoms with van der Waals surface area (Å²) >= 11 is 7.76. The van der Waals surface area contributed by atoms with Crippen molar-refractivity contribution in [3.8, 4) is 5.75 Å². The Morgan fingerprint density at radius 1 is 1.03 bits per heavy atom. The van der Waals surface area contributed by atoms with E-state index in [1.807, 2.05) is 23.5 Å². The average molecular weight is 516 g/mol. The zero-order chi connectivity index (χ0) is 24.5. The Morgan fingerprint density at radius 2 is 1.97 bits per heavy atom. The van der Waals surface area contributed by atoms with Crippen molar-refractivity contribution >= 4 is 34.7 Å². The van der Waals surface area contributed by atoms with Crippen molar-refractivity contribution < 1.29 is 4.74 Å². The first-order valence-corrected chi connectivity index (χ1v) is 13.4. The van der Waals surface area contributed by atoms with Gasteiger partial charge in [0.25, 0.3) is 5.56 Å². The monoisotopic (exact) mass is 515 g/mol. The van der Waals surface area contributed by atoms with Crippen molar-refractivity contribution in [2.24, 2.45) is 0 Å². The van der Waals surface area contributed by atoms with E-state index in [0.717, 1.165) is 50.3 Å². The van der Waals surface area contributed by atoms with Gasteiger partial charge in [0.1, 0.15) is 12.4 Å². The molecule has 2 aliphatic rings. The molecule has 0 spiro atoms. The van der Waals surface area contributed by atoms with E-state index in [9.17, 15) is 4.79 Å². The Hall–Kier alpha value is -3.19. The van der Waals surface area contributed by atoms with Gasteiger partial charge in [-0.15, -0.1) is 11.3 Å². The maximum atomic E-state index is 12.9. The van der Waals surface area contributed by atoms with Crippen molar-refractivity contribution in [2.75, 3.05) is 6.54 Å². The average Bonchev–Trinajstić information content (AvgIpc) is 3.36. The van der Waals surface area contributed by atoms with Crippen LogP contribution in [0.15, 0.2) is 71.1 Å². The minimum atomic E-state index is -0.0965. The summed E-state index contributed by atoms with van der Waals surface area (Å²) in [6.45, 7) is 3.42. The van der Waals surface area contributed by atoms with Gasteiger partial charge in [0, 0.05) is 48.7 Å². The molecule has 1 aliphatic heterocycles. The van der Waals surface area contributed by atoms with Crippen LogP contribution in [0.3, 0.4) is 0 Å². The number of thiophene rings is 1. The standard InChI is InChI=1S/C29H26ClN3O2S/c30-24-4-5-25(31-16-24)19-35-27-7-11-33(29(34)15-27)26-6-3-21-13-20(1-2-22(21)14-26)17-32-10-8-28-23(18-32)9-12-36-28/h1-2,4-5,7,9,11-16H,3,6,8,10,17-19H2. The second kappa shape index (κ2) is 10.1. The molecule has 4 heterocycles. The number of benzene rings is 1. The lowest BCUT2D eigenvalue weighted by Gasteiger charge is -2.27. The first-order chi connectivity index (χ1) is 17.6. The third-order valence-corrected chi connectivity index (χ3v) is 8.10. The summed E-state index contributed by atoms with van der Waals surface area (Å²) in [6, 6.07) is 16.0. The van der Waals surface area contributed by atoms with Crippen molar-refractivity contribution in [3.63, 3.8) is 0 Å². The Kier molecular flexibility index (Phi) is 6.48. The number of hydrogen-bond donors (Lipinski definition) is 0. The lowest BCUT2D eigenvalue weighted by Crippen LogP contribution is -2.29. The van der Waals surface area contributed by atoms with Crippen LogP contribution in [0.4, 0.5) is 0 Å². The first kappa shape index (κ1) is 23.2. The molecule has 3 aromatic heterocycles. The lowest BCUT2D eigenvalue weighted by atomic mass is 9.93. The predicted octanol–water partition coefficient (Wildman–Crippen LogP) is 6.04. The van der Waals surface area contributed by atoms with Crippen LogP contribution >= 0.6 is 22.9 Å². The van der Waals surface area contributed by atoms with E-state index in [1.54, 1.807) is 27.9 Å². The Labute approximate surface area is 219 Å². The highest BCUT2D eigenvalue weighted by Crippen LogP contribution is 2.29. The smallest absolute Gasteiger partial charge is 0.258 e. The summed E-state index contributed by atoms with van der Waals surface area (Å²) in [5.41, 5.74) is 7.06. The molecule has 5 nitrogen and oxygen atoms in total. The second-order valence-electron chi connectivity index (χ2n) is 9.33. The molecule has 0 saturated carbocycles. The molecule has 1 aromatic carbocycles. The van der Waals surface area contributed by atoms with Crippen LogP contribution in [-0.2, 0) is 32.5 Å². The Bertz CT molecular complexity index is 1490. The topological polar surface area (TPSA) is 47.4 Å². The molecule has 0 atom stereocenters. The van der Waals surface area contributed by atoms with Crippen molar-refractivity contribution in [3.05, 3.63) is 115 Å². The molecule has 0 fully saturated rings. The van der Waals surface area contributed by atoms with E-state index in [0.29, 0.717) is 10.8 Å². The second-order valence-corrected chi connectivity index (χ2v) is 10.8. The molecule has 0 saturated heterocycles.